The summed E-state index contributed by atoms with van der Waals surface area (Å²) in [4.78, 5) is 25.1. The molecule has 1 aliphatic rings. The first-order chi connectivity index (χ1) is 9.93. The number of hydrogen-bond acceptors (Lipinski definition) is 4. The molecule has 0 spiro atoms. The molecule has 0 saturated heterocycles. The Kier molecular flexibility index (Phi) is 4.45. The second-order valence-electron chi connectivity index (χ2n) is 5.82. The monoisotopic (exact) mass is 291 g/mol. The molecule has 0 heterocycles. The molecule has 6 nitrogen and oxygen atoms in total. The molecule has 0 radical (unpaired) electrons. The largest absolute Gasteiger partial charge is 0.387 e. The number of amides is 1. The van der Waals surface area contributed by atoms with E-state index in [4.69, 9.17) is 0 Å². The highest BCUT2D eigenvalue weighted by Crippen LogP contribution is 2.31. The number of non-ortho nitro benzene ring substituents is 1. The van der Waals surface area contributed by atoms with Gasteiger partial charge in [0.25, 0.3) is 11.6 Å². The third kappa shape index (κ3) is 3.51. The van der Waals surface area contributed by atoms with Gasteiger partial charge in [-0.3, -0.25) is 14.9 Å². The van der Waals surface area contributed by atoms with Crippen LogP contribution in [0.25, 0.3) is 0 Å². The van der Waals surface area contributed by atoms with Gasteiger partial charge in [0.2, 0.25) is 0 Å². The fourth-order valence-electron chi connectivity index (χ4n) is 2.37. The van der Waals surface area contributed by atoms with E-state index in [-0.39, 0.29) is 17.6 Å². The molecule has 0 aromatic heterocycles. The SMILES string of the molecule is CNc1ccc([N+](=O)[O-])cc1C(=O)N(CC(C)C)C1CC1. The van der Waals surface area contributed by atoms with Gasteiger partial charge in [-0.1, -0.05) is 13.8 Å². The molecular formula is C15H21N3O3. The minimum Gasteiger partial charge on any atom is -0.387 e. The predicted molar refractivity (Wildman–Crippen MR) is 81.5 cm³/mol. The standard InChI is InChI=1S/C15H21N3O3/c1-10(2)9-17(11-4-5-11)15(19)13-8-12(18(20)21)6-7-14(13)16-3/h6-8,10-11,16H,4-5,9H2,1-3H3. The van der Waals surface area contributed by atoms with Gasteiger partial charge in [-0.05, 0) is 24.8 Å². The van der Waals surface area contributed by atoms with Crippen LogP contribution in [-0.2, 0) is 0 Å². The van der Waals surface area contributed by atoms with Gasteiger partial charge in [0.1, 0.15) is 0 Å². The van der Waals surface area contributed by atoms with Crippen molar-refractivity contribution in [3.8, 4) is 0 Å². The zero-order valence-electron chi connectivity index (χ0n) is 12.6. The Hall–Kier alpha value is -2.11. The maximum absolute atomic E-state index is 12.8. The van der Waals surface area contributed by atoms with E-state index in [0.717, 1.165) is 12.8 Å². The summed E-state index contributed by atoms with van der Waals surface area (Å²) in [7, 11) is 1.71. The molecule has 1 fully saturated rings. The number of carbonyl (C=O) groups excluding carboxylic acids is 1. The summed E-state index contributed by atoms with van der Waals surface area (Å²) in [5, 5.41) is 13.9. The number of nitro groups is 1. The Morgan fingerprint density at radius 1 is 1.48 bits per heavy atom. The Morgan fingerprint density at radius 2 is 2.14 bits per heavy atom. The lowest BCUT2D eigenvalue weighted by Crippen LogP contribution is -2.36. The molecule has 0 atom stereocenters. The molecule has 6 heteroatoms. The number of rotatable bonds is 6. The second-order valence-corrected chi connectivity index (χ2v) is 5.82. The lowest BCUT2D eigenvalue weighted by molar-refractivity contribution is -0.384. The van der Waals surface area contributed by atoms with Gasteiger partial charge in [-0.15, -0.1) is 0 Å². The normalized spacial score (nSPS) is 14.1. The summed E-state index contributed by atoms with van der Waals surface area (Å²) >= 11 is 0. The van der Waals surface area contributed by atoms with Gasteiger partial charge in [0, 0.05) is 37.5 Å². The fraction of sp³-hybridized carbons (Fsp3) is 0.533. The molecule has 2 rings (SSSR count). The quantitative estimate of drug-likeness (QED) is 0.646. The molecule has 1 amide bonds. The number of hydrogen-bond donors (Lipinski definition) is 1. The van der Waals surface area contributed by atoms with E-state index in [1.54, 1.807) is 13.1 Å². The zero-order chi connectivity index (χ0) is 15.6. The number of nitro benzene ring substituents is 1. The summed E-state index contributed by atoms with van der Waals surface area (Å²) in [5.41, 5.74) is 0.942. The first-order valence-corrected chi connectivity index (χ1v) is 7.21. The molecule has 0 unspecified atom stereocenters. The summed E-state index contributed by atoms with van der Waals surface area (Å²) in [5.74, 6) is 0.241. The fourth-order valence-corrected chi connectivity index (χ4v) is 2.37. The van der Waals surface area contributed by atoms with Crippen LogP contribution in [-0.4, -0.2) is 35.4 Å². The second kappa shape index (κ2) is 6.11. The van der Waals surface area contributed by atoms with E-state index >= 15 is 0 Å². The Balaban J connectivity index is 2.35. The number of nitrogens with one attached hydrogen (secondary N) is 1. The highest BCUT2D eigenvalue weighted by molar-refractivity contribution is 6.00. The lowest BCUT2D eigenvalue weighted by atomic mass is 10.1. The van der Waals surface area contributed by atoms with Gasteiger partial charge in [-0.2, -0.15) is 0 Å². The number of carbonyl (C=O) groups is 1. The Labute approximate surface area is 124 Å². The Morgan fingerprint density at radius 3 is 2.62 bits per heavy atom. The maximum Gasteiger partial charge on any atom is 0.270 e. The molecule has 1 N–H and O–H groups in total. The lowest BCUT2D eigenvalue weighted by Gasteiger charge is -2.25. The van der Waals surface area contributed by atoms with Gasteiger partial charge >= 0.3 is 0 Å². The number of anilines is 1. The number of benzene rings is 1. The maximum atomic E-state index is 12.8. The average molecular weight is 291 g/mol. The van der Waals surface area contributed by atoms with Crippen molar-refractivity contribution in [2.24, 2.45) is 5.92 Å². The Bertz CT molecular complexity index is 553. The molecule has 21 heavy (non-hydrogen) atoms. The summed E-state index contributed by atoms with van der Waals surface area (Å²) < 4.78 is 0. The number of nitrogens with zero attached hydrogens (tertiary/aromatic N) is 2. The third-order valence-corrected chi connectivity index (χ3v) is 3.52. The molecule has 0 bridgehead atoms. The minimum atomic E-state index is -0.472. The van der Waals surface area contributed by atoms with E-state index in [0.29, 0.717) is 23.7 Å². The first-order valence-electron chi connectivity index (χ1n) is 7.21. The van der Waals surface area contributed by atoms with Crippen LogP contribution < -0.4 is 5.32 Å². The van der Waals surface area contributed by atoms with Gasteiger partial charge in [0.05, 0.1) is 10.5 Å². The summed E-state index contributed by atoms with van der Waals surface area (Å²) in [6.45, 7) is 4.81. The van der Waals surface area contributed by atoms with Crippen molar-refractivity contribution < 1.29 is 9.72 Å². The summed E-state index contributed by atoms with van der Waals surface area (Å²) in [6.07, 6.45) is 2.03. The minimum absolute atomic E-state index is 0.0577. The van der Waals surface area contributed by atoms with E-state index in [2.05, 4.69) is 19.2 Å². The van der Waals surface area contributed by atoms with Crippen LogP contribution in [0, 0.1) is 16.0 Å². The van der Waals surface area contributed by atoms with Gasteiger partial charge < -0.3 is 10.2 Å². The van der Waals surface area contributed by atoms with E-state index < -0.39 is 4.92 Å². The average Bonchev–Trinajstić information content (AvgIpc) is 3.27. The first kappa shape index (κ1) is 15.3. The third-order valence-electron chi connectivity index (χ3n) is 3.52. The van der Waals surface area contributed by atoms with Crippen LogP contribution in [0.4, 0.5) is 11.4 Å². The van der Waals surface area contributed by atoms with Crippen molar-refractivity contribution in [2.75, 3.05) is 18.9 Å². The van der Waals surface area contributed by atoms with Crippen molar-refractivity contribution >= 4 is 17.3 Å². The molecule has 114 valence electrons. The molecule has 1 aliphatic carbocycles. The van der Waals surface area contributed by atoms with E-state index in [9.17, 15) is 14.9 Å². The van der Waals surface area contributed by atoms with Crippen LogP contribution in [0.15, 0.2) is 18.2 Å². The van der Waals surface area contributed by atoms with Gasteiger partial charge in [-0.25, -0.2) is 0 Å². The predicted octanol–water partition coefficient (Wildman–Crippen LogP) is 2.90. The van der Waals surface area contributed by atoms with Crippen LogP contribution in [0.5, 0.6) is 0 Å². The van der Waals surface area contributed by atoms with Crippen molar-refractivity contribution in [1.82, 2.24) is 4.90 Å². The molecular weight excluding hydrogens is 270 g/mol. The van der Waals surface area contributed by atoms with Crippen molar-refractivity contribution in [3.63, 3.8) is 0 Å². The van der Waals surface area contributed by atoms with Crippen molar-refractivity contribution in [1.29, 1.82) is 0 Å². The smallest absolute Gasteiger partial charge is 0.270 e. The van der Waals surface area contributed by atoms with Crippen LogP contribution >= 0.6 is 0 Å². The van der Waals surface area contributed by atoms with Crippen LogP contribution in [0.1, 0.15) is 37.0 Å². The highest BCUT2D eigenvalue weighted by Gasteiger charge is 2.34. The van der Waals surface area contributed by atoms with Gasteiger partial charge in [0.15, 0.2) is 0 Å². The zero-order valence-corrected chi connectivity index (χ0v) is 12.6. The van der Waals surface area contributed by atoms with Crippen LogP contribution in [0.3, 0.4) is 0 Å². The van der Waals surface area contributed by atoms with Crippen LogP contribution in [0.2, 0.25) is 0 Å². The van der Waals surface area contributed by atoms with Crippen molar-refractivity contribution in [2.45, 2.75) is 32.7 Å². The van der Waals surface area contributed by atoms with Crippen molar-refractivity contribution in [3.05, 3.63) is 33.9 Å². The summed E-state index contributed by atoms with van der Waals surface area (Å²) in [6, 6.07) is 4.64. The highest BCUT2D eigenvalue weighted by atomic mass is 16.6. The molecule has 1 aromatic rings. The van der Waals surface area contributed by atoms with E-state index in [1.165, 1.54) is 12.1 Å². The molecule has 1 aromatic carbocycles. The molecule has 1 saturated carbocycles. The van der Waals surface area contributed by atoms with E-state index in [1.807, 2.05) is 4.90 Å². The molecule has 0 aliphatic heterocycles. The topological polar surface area (TPSA) is 75.5 Å².